The van der Waals surface area contributed by atoms with Crippen molar-refractivity contribution in [3.8, 4) is 11.5 Å². The molecule has 2 heterocycles. The Morgan fingerprint density at radius 1 is 1.04 bits per heavy atom. The van der Waals surface area contributed by atoms with E-state index in [9.17, 15) is 4.79 Å². The minimum Gasteiger partial charge on any atom is -0.419 e. The van der Waals surface area contributed by atoms with Crippen LogP contribution in [0.1, 0.15) is 38.0 Å². The molecular formula is C20H27N5O2. The van der Waals surface area contributed by atoms with Crippen molar-refractivity contribution in [1.29, 1.82) is 0 Å². The molecule has 0 atom stereocenters. The molecule has 4 rings (SSSR count). The Kier molecular flexibility index (Phi) is 5.67. The molecule has 2 aliphatic rings. The predicted molar refractivity (Wildman–Crippen MR) is 102 cm³/mol. The fraction of sp³-hybridized carbons (Fsp3) is 0.550. The number of amides is 2. The number of hydrogen-bond donors (Lipinski definition) is 1. The number of urea groups is 1. The van der Waals surface area contributed by atoms with E-state index >= 15 is 0 Å². The quantitative estimate of drug-likeness (QED) is 0.897. The smallest absolute Gasteiger partial charge is 0.317 e. The molecule has 27 heavy (non-hydrogen) atoms. The van der Waals surface area contributed by atoms with E-state index in [-0.39, 0.29) is 6.03 Å². The van der Waals surface area contributed by atoms with E-state index in [2.05, 4.69) is 20.4 Å². The molecule has 1 aromatic carbocycles. The Labute approximate surface area is 159 Å². The van der Waals surface area contributed by atoms with Crippen molar-refractivity contribution in [2.45, 2.75) is 44.7 Å². The van der Waals surface area contributed by atoms with Crippen LogP contribution in [0.4, 0.5) is 4.79 Å². The monoisotopic (exact) mass is 369 g/mol. The maximum atomic E-state index is 12.4. The molecule has 0 radical (unpaired) electrons. The summed E-state index contributed by atoms with van der Waals surface area (Å²) < 4.78 is 5.79. The van der Waals surface area contributed by atoms with Crippen LogP contribution in [-0.4, -0.2) is 58.2 Å². The molecule has 0 bridgehead atoms. The van der Waals surface area contributed by atoms with Crippen LogP contribution in [0.15, 0.2) is 34.7 Å². The van der Waals surface area contributed by atoms with Gasteiger partial charge in [0.2, 0.25) is 11.8 Å². The SMILES string of the molecule is O=C(NC1CCCCC1)N1CCN(Cc2nnc(-c3ccccc3)o2)CC1. The molecule has 1 aromatic heterocycles. The van der Waals surface area contributed by atoms with Crippen molar-refractivity contribution in [2.75, 3.05) is 26.2 Å². The Balaban J connectivity index is 1.25. The molecular weight excluding hydrogens is 342 g/mol. The van der Waals surface area contributed by atoms with E-state index in [1.165, 1.54) is 19.3 Å². The highest BCUT2D eigenvalue weighted by molar-refractivity contribution is 5.74. The van der Waals surface area contributed by atoms with Gasteiger partial charge in [0.05, 0.1) is 6.54 Å². The topological polar surface area (TPSA) is 74.5 Å². The van der Waals surface area contributed by atoms with Crippen LogP contribution in [0.3, 0.4) is 0 Å². The van der Waals surface area contributed by atoms with Gasteiger partial charge in [0.15, 0.2) is 0 Å². The van der Waals surface area contributed by atoms with Crippen LogP contribution in [0.5, 0.6) is 0 Å². The fourth-order valence-corrected chi connectivity index (χ4v) is 3.83. The van der Waals surface area contributed by atoms with E-state index in [1.807, 2.05) is 35.2 Å². The average Bonchev–Trinajstić information content (AvgIpc) is 3.18. The number of nitrogens with zero attached hydrogens (tertiary/aromatic N) is 4. The van der Waals surface area contributed by atoms with E-state index in [0.29, 0.717) is 24.4 Å². The Hall–Kier alpha value is -2.41. The largest absolute Gasteiger partial charge is 0.419 e. The number of carbonyl (C=O) groups is 1. The number of nitrogens with one attached hydrogen (secondary N) is 1. The number of aromatic nitrogens is 2. The van der Waals surface area contributed by atoms with Crippen LogP contribution < -0.4 is 5.32 Å². The van der Waals surface area contributed by atoms with Gasteiger partial charge in [0.1, 0.15) is 0 Å². The predicted octanol–water partition coefficient (Wildman–Crippen LogP) is 2.90. The normalized spacial score (nSPS) is 19.2. The maximum Gasteiger partial charge on any atom is 0.317 e. The summed E-state index contributed by atoms with van der Waals surface area (Å²) >= 11 is 0. The summed E-state index contributed by atoms with van der Waals surface area (Å²) in [5, 5.41) is 11.5. The van der Waals surface area contributed by atoms with Gasteiger partial charge in [-0.15, -0.1) is 10.2 Å². The first-order valence-electron chi connectivity index (χ1n) is 9.93. The highest BCUT2D eigenvalue weighted by Gasteiger charge is 2.24. The summed E-state index contributed by atoms with van der Waals surface area (Å²) in [5.74, 6) is 1.17. The Bertz CT molecular complexity index is 734. The first-order chi connectivity index (χ1) is 13.3. The number of piperazine rings is 1. The Morgan fingerprint density at radius 2 is 1.78 bits per heavy atom. The van der Waals surface area contributed by atoms with E-state index in [1.54, 1.807) is 0 Å². The van der Waals surface area contributed by atoms with Crippen LogP contribution in [0.25, 0.3) is 11.5 Å². The van der Waals surface area contributed by atoms with Crippen molar-refractivity contribution in [2.24, 2.45) is 0 Å². The van der Waals surface area contributed by atoms with E-state index in [0.717, 1.165) is 44.6 Å². The number of hydrogen-bond acceptors (Lipinski definition) is 5. The van der Waals surface area contributed by atoms with Gasteiger partial charge in [0, 0.05) is 37.8 Å². The van der Waals surface area contributed by atoms with Crippen LogP contribution in [0.2, 0.25) is 0 Å². The molecule has 144 valence electrons. The summed E-state index contributed by atoms with van der Waals surface area (Å²) in [6, 6.07) is 10.2. The molecule has 0 spiro atoms. The lowest BCUT2D eigenvalue weighted by molar-refractivity contribution is 0.126. The van der Waals surface area contributed by atoms with Crippen LogP contribution in [-0.2, 0) is 6.54 Å². The molecule has 2 amide bonds. The molecule has 1 aliphatic heterocycles. The summed E-state index contributed by atoms with van der Waals surface area (Å²) in [7, 11) is 0. The third-order valence-electron chi connectivity index (χ3n) is 5.44. The van der Waals surface area contributed by atoms with Gasteiger partial charge in [-0.05, 0) is 25.0 Å². The fourth-order valence-electron chi connectivity index (χ4n) is 3.83. The summed E-state index contributed by atoms with van der Waals surface area (Å²) in [4.78, 5) is 16.6. The third-order valence-corrected chi connectivity index (χ3v) is 5.44. The van der Waals surface area contributed by atoms with Gasteiger partial charge in [-0.2, -0.15) is 0 Å². The standard InChI is InChI=1S/C20H27N5O2/c26-20(21-17-9-5-2-6-10-17)25-13-11-24(12-14-25)15-18-22-23-19(27-18)16-7-3-1-4-8-16/h1,3-4,7-8,17H,2,5-6,9-15H2,(H,21,26). The second kappa shape index (κ2) is 8.52. The Morgan fingerprint density at radius 3 is 2.52 bits per heavy atom. The minimum atomic E-state index is 0.0886. The molecule has 1 saturated heterocycles. The molecule has 7 nitrogen and oxygen atoms in total. The number of rotatable bonds is 4. The van der Waals surface area contributed by atoms with E-state index < -0.39 is 0 Å². The lowest BCUT2D eigenvalue weighted by Gasteiger charge is -2.35. The highest BCUT2D eigenvalue weighted by atomic mass is 16.4. The first-order valence-corrected chi connectivity index (χ1v) is 9.93. The second-order valence-corrected chi connectivity index (χ2v) is 7.41. The van der Waals surface area contributed by atoms with Gasteiger partial charge in [0.25, 0.3) is 0 Å². The van der Waals surface area contributed by atoms with Crippen molar-refractivity contribution >= 4 is 6.03 Å². The number of benzene rings is 1. The van der Waals surface area contributed by atoms with Gasteiger partial charge in [-0.25, -0.2) is 4.79 Å². The van der Waals surface area contributed by atoms with Crippen molar-refractivity contribution in [3.63, 3.8) is 0 Å². The molecule has 7 heteroatoms. The molecule has 1 aliphatic carbocycles. The molecule has 1 saturated carbocycles. The summed E-state index contributed by atoms with van der Waals surface area (Å²) in [6.07, 6.45) is 5.99. The lowest BCUT2D eigenvalue weighted by Crippen LogP contribution is -2.53. The zero-order valence-corrected chi connectivity index (χ0v) is 15.6. The summed E-state index contributed by atoms with van der Waals surface area (Å²) in [5.41, 5.74) is 0.931. The highest BCUT2D eigenvalue weighted by Crippen LogP contribution is 2.19. The van der Waals surface area contributed by atoms with Crippen LogP contribution in [0, 0.1) is 0 Å². The van der Waals surface area contributed by atoms with Crippen molar-refractivity contribution < 1.29 is 9.21 Å². The minimum absolute atomic E-state index is 0.0886. The van der Waals surface area contributed by atoms with Gasteiger partial charge < -0.3 is 14.6 Å². The average molecular weight is 369 g/mol. The van der Waals surface area contributed by atoms with E-state index in [4.69, 9.17) is 4.42 Å². The van der Waals surface area contributed by atoms with Gasteiger partial charge >= 0.3 is 6.03 Å². The molecule has 2 aromatic rings. The number of carbonyl (C=O) groups excluding carboxylic acids is 1. The molecule has 0 unspecified atom stereocenters. The third kappa shape index (κ3) is 4.66. The van der Waals surface area contributed by atoms with Gasteiger partial charge in [-0.1, -0.05) is 37.5 Å². The zero-order chi connectivity index (χ0) is 18.5. The van der Waals surface area contributed by atoms with Crippen LogP contribution >= 0.6 is 0 Å². The summed E-state index contributed by atoms with van der Waals surface area (Å²) in [6.45, 7) is 3.73. The van der Waals surface area contributed by atoms with Gasteiger partial charge in [-0.3, -0.25) is 4.90 Å². The van der Waals surface area contributed by atoms with Crippen molar-refractivity contribution in [1.82, 2.24) is 25.3 Å². The lowest BCUT2D eigenvalue weighted by atomic mass is 9.96. The zero-order valence-electron chi connectivity index (χ0n) is 15.6. The maximum absolute atomic E-state index is 12.4. The molecule has 1 N–H and O–H groups in total. The van der Waals surface area contributed by atoms with Crippen molar-refractivity contribution in [3.05, 3.63) is 36.2 Å². The second-order valence-electron chi connectivity index (χ2n) is 7.41. The molecule has 2 fully saturated rings. The first kappa shape index (κ1) is 18.0.